The zero-order valence-electron chi connectivity index (χ0n) is 10.3. The predicted molar refractivity (Wildman–Crippen MR) is 74.8 cm³/mol. The van der Waals surface area contributed by atoms with E-state index in [2.05, 4.69) is 0 Å². The van der Waals surface area contributed by atoms with Crippen molar-refractivity contribution in [1.29, 1.82) is 0 Å². The first-order valence-electron chi connectivity index (χ1n) is 5.88. The number of hydrogen-bond donors (Lipinski definition) is 1. The summed E-state index contributed by atoms with van der Waals surface area (Å²) >= 11 is 5.92. The van der Waals surface area contributed by atoms with Crippen molar-refractivity contribution in [2.75, 3.05) is 0 Å². The van der Waals surface area contributed by atoms with Gasteiger partial charge in [-0.2, -0.15) is 0 Å². The van der Waals surface area contributed by atoms with Crippen LogP contribution in [0.15, 0.2) is 48.5 Å². The van der Waals surface area contributed by atoms with E-state index in [1.54, 1.807) is 0 Å². The first kappa shape index (κ1) is 12.9. The van der Waals surface area contributed by atoms with E-state index in [0.29, 0.717) is 6.61 Å². The molecule has 0 aliphatic rings. The van der Waals surface area contributed by atoms with E-state index in [9.17, 15) is 0 Å². The normalized spacial score (nSPS) is 12.2. The minimum atomic E-state index is 0.0136. The number of ether oxygens (including phenoxy) is 1. The van der Waals surface area contributed by atoms with E-state index in [4.69, 9.17) is 22.1 Å². The Morgan fingerprint density at radius 2 is 1.94 bits per heavy atom. The van der Waals surface area contributed by atoms with Crippen LogP contribution in [0.25, 0.3) is 0 Å². The third-order valence-electron chi connectivity index (χ3n) is 2.68. The molecule has 0 fully saturated rings. The van der Waals surface area contributed by atoms with Gasteiger partial charge in [-0.15, -0.1) is 0 Å². The molecular formula is C15H16ClNO. The standard InChI is InChI=1S/C15H16ClNO/c1-11(17)13-5-3-7-15(9-13)18-10-12-4-2-6-14(16)8-12/h2-9,11H,10,17H2,1H3/t11-/m0/s1. The maximum absolute atomic E-state index is 5.92. The fraction of sp³-hybridized carbons (Fsp3) is 0.200. The van der Waals surface area contributed by atoms with Crippen molar-refractivity contribution in [1.82, 2.24) is 0 Å². The van der Waals surface area contributed by atoms with Crippen LogP contribution in [-0.2, 0) is 6.61 Å². The van der Waals surface area contributed by atoms with Gasteiger partial charge in [-0.25, -0.2) is 0 Å². The smallest absolute Gasteiger partial charge is 0.120 e. The highest BCUT2D eigenvalue weighted by Gasteiger charge is 2.02. The second-order valence-corrected chi connectivity index (χ2v) is 4.72. The maximum Gasteiger partial charge on any atom is 0.120 e. The molecule has 2 N–H and O–H groups in total. The van der Waals surface area contributed by atoms with Crippen LogP contribution < -0.4 is 10.5 Å². The fourth-order valence-corrected chi connectivity index (χ4v) is 1.89. The predicted octanol–water partition coefficient (Wildman–Crippen LogP) is 3.94. The molecule has 0 amide bonds. The van der Waals surface area contributed by atoms with E-state index in [-0.39, 0.29) is 6.04 Å². The lowest BCUT2D eigenvalue weighted by Crippen LogP contribution is -2.05. The number of nitrogens with two attached hydrogens (primary N) is 1. The van der Waals surface area contributed by atoms with Gasteiger partial charge in [-0.1, -0.05) is 35.9 Å². The van der Waals surface area contributed by atoms with Crippen molar-refractivity contribution >= 4 is 11.6 Å². The molecule has 2 nitrogen and oxygen atoms in total. The highest BCUT2D eigenvalue weighted by Crippen LogP contribution is 2.19. The van der Waals surface area contributed by atoms with Crippen LogP contribution >= 0.6 is 11.6 Å². The molecule has 0 aromatic heterocycles. The second kappa shape index (κ2) is 5.89. The van der Waals surface area contributed by atoms with Gasteiger partial charge in [0.05, 0.1) is 0 Å². The van der Waals surface area contributed by atoms with Gasteiger partial charge in [0.15, 0.2) is 0 Å². The molecule has 0 radical (unpaired) electrons. The molecule has 0 unspecified atom stereocenters. The van der Waals surface area contributed by atoms with Gasteiger partial charge >= 0.3 is 0 Å². The molecule has 0 saturated carbocycles. The van der Waals surface area contributed by atoms with Crippen LogP contribution in [0.5, 0.6) is 5.75 Å². The molecule has 18 heavy (non-hydrogen) atoms. The molecule has 0 heterocycles. The lowest BCUT2D eigenvalue weighted by molar-refractivity contribution is 0.306. The molecule has 2 aromatic carbocycles. The van der Waals surface area contributed by atoms with Crippen LogP contribution in [0, 0.1) is 0 Å². The molecule has 94 valence electrons. The minimum absolute atomic E-state index is 0.0136. The lowest BCUT2D eigenvalue weighted by Gasteiger charge is -2.10. The molecular weight excluding hydrogens is 246 g/mol. The van der Waals surface area contributed by atoms with Crippen molar-refractivity contribution < 1.29 is 4.74 Å². The number of benzene rings is 2. The first-order chi connectivity index (χ1) is 8.65. The van der Waals surface area contributed by atoms with Gasteiger partial charge < -0.3 is 10.5 Å². The summed E-state index contributed by atoms with van der Waals surface area (Å²) in [5.41, 5.74) is 7.95. The summed E-state index contributed by atoms with van der Waals surface area (Å²) in [6.07, 6.45) is 0. The Balaban J connectivity index is 2.04. The SMILES string of the molecule is C[C@H](N)c1cccc(OCc2cccc(Cl)c2)c1. The van der Waals surface area contributed by atoms with Gasteiger partial charge in [0.1, 0.15) is 12.4 Å². The largest absolute Gasteiger partial charge is 0.489 e. The summed E-state index contributed by atoms with van der Waals surface area (Å²) in [6.45, 7) is 2.46. The Morgan fingerprint density at radius 3 is 2.67 bits per heavy atom. The molecule has 0 aliphatic carbocycles. The van der Waals surface area contributed by atoms with Crippen LogP contribution in [-0.4, -0.2) is 0 Å². The summed E-state index contributed by atoms with van der Waals surface area (Å²) in [5, 5.41) is 0.723. The Labute approximate surface area is 112 Å². The van der Waals surface area contributed by atoms with Gasteiger partial charge in [-0.05, 0) is 42.3 Å². The van der Waals surface area contributed by atoms with E-state index >= 15 is 0 Å². The average molecular weight is 262 g/mol. The molecule has 0 saturated heterocycles. The van der Waals surface area contributed by atoms with E-state index in [1.807, 2.05) is 55.5 Å². The van der Waals surface area contributed by atoms with Crippen molar-refractivity contribution in [2.45, 2.75) is 19.6 Å². The molecule has 1 atom stereocenters. The second-order valence-electron chi connectivity index (χ2n) is 4.28. The summed E-state index contributed by atoms with van der Waals surface area (Å²) in [4.78, 5) is 0. The summed E-state index contributed by atoms with van der Waals surface area (Å²) in [6, 6.07) is 15.5. The Kier molecular flexibility index (Phi) is 4.24. The van der Waals surface area contributed by atoms with Gasteiger partial charge in [-0.3, -0.25) is 0 Å². The third kappa shape index (κ3) is 3.49. The maximum atomic E-state index is 5.92. The molecule has 0 bridgehead atoms. The molecule has 3 heteroatoms. The summed E-state index contributed by atoms with van der Waals surface area (Å²) in [7, 11) is 0. The van der Waals surface area contributed by atoms with Crippen LogP contribution in [0.4, 0.5) is 0 Å². The highest BCUT2D eigenvalue weighted by molar-refractivity contribution is 6.30. The number of rotatable bonds is 4. The Morgan fingerprint density at radius 1 is 1.17 bits per heavy atom. The molecule has 2 rings (SSSR count). The topological polar surface area (TPSA) is 35.2 Å². The summed E-state index contributed by atoms with van der Waals surface area (Å²) in [5.74, 6) is 0.824. The van der Waals surface area contributed by atoms with Crippen LogP contribution in [0.2, 0.25) is 5.02 Å². The highest BCUT2D eigenvalue weighted by atomic mass is 35.5. The van der Waals surface area contributed by atoms with Crippen molar-refractivity contribution in [3.05, 3.63) is 64.7 Å². The zero-order valence-corrected chi connectivity index (χ0v) is 11.0. The van der Waals surface area contributed by atoms with E-state index < -0.39 is 0 Å². The Bertz CT molecular complexity index is 525. The van der Waals surface area contributed by atoms with Crippen LogP contribution in [0.1, 0.15) is 24.1 Å². The molecule has 0 aliphatic heterocycles. The van der Waals surface area contributed by atoms with Gasteiger partial charge in [0, 0.05) is 11.1 Å². The Hall–Kier alpha value is -1.51. The number of hydrogen-bond acceptors (Lipinski definition) is 2. The summed E-state index contributed by atoms with van der Waals surface area (Å²) < 4.78 is 5.72. The lowest BCUT2D eigenvalue weighted by atomic mass is 10.1. The quantitative estimate of drug-likeness (QED) is 0.905. The zero-order chi connectivity index (χ0) is 13.0. The minimum Gasteiger partial charge on any atom is -0.489 e. The van der Waals surface area contributed by atoms with Crippen molar-refractivity contribution in [3.8, 4) is 5.75 Å². The van der Waals surface area contributed by atoms with Crippen molar-refractivity contribution in [2.24, 2.45) is 5.73 Å². The monoisotopic (exact) mass is 261 g/mol. The third-order valence-corrected chi connectivity index (χ3v) is 2.91. The van der Waals surface area contributed by atoms with Gasteiger partial charge in [0.25, 0.3) is 0 Å². The number of halogens is 1. The first-order valence-corrected chi connectivity index (χ1v) is 6.26. The fourth-order valence-electron chi connectivity index (χ4n) is 1.68. The van der Waals surface area contributed by atoms with Crippen LogP contribution in [0.3, 0.4) is 0 Å². The van der Waals surface area contributed by atoms with E-state index in [1.165, 1.54) is 0 Å². The molecule has 0 spiro atoms. The van der Waals surface area contributed by atoms with E-state index in [0.717, 1.165) is 21.9 Å². The van der Waals surface area contributed by atoms with Crippen molar-refractivity contribution in [3.63, 3.8) is 0 Å². The molecule has 2 aromatic rings. The van der Waals surface area contributed by atoms with Gasteiger partial charge in [0.2, 0.25) is 0 Å². The average Bonchev–Trinajstić information content (AvgIpc) is 2.37.